The third-order valence-electron chi connectivity index (χ3n) is 7.12. The van der Waals surface area contributed by atoms with Crippen LogP contribution in [0.2, 0.25) is 0 Å². The number of thiazole rings is 1. The van der Waals surface area contributed by atoms with E-state index in [4.69, 9.17) is 0 Å². The summed E-state index contributed by atoms with van der Waals surface area (Å²) in [6.07, 6.45) is 5.64. The summed E-state index contributed by atoms with van der Waals surface area (Å²) >= 11 is 1.50. The summed E-state index contributed by atoms with van der Waals surface area (Å²) in [5.74, 6) is 0.697. The molecule has 0 spiro atoms. The number of hydrazine groups is 1. The van der Waals surface area contributed by atoms with Crippen LogP contribution in [-0.2, 0) is 4.79 Å². The number of carbonyl (C=O) groups excluding carboxylic acids is 2. The lowest BCUT2D eigenvalue weighted by molar-refractivity contribution is -0.132. The number of aliphatic imine (C=N–C) groups is 1. The number of nitrogens with one attached hydrogen (secondary N) is 1. The van der Waals surface area contributed by atoms with Crippen LogP contribution < -0.4 is 10.4 Å². The molecule has 2 aromatic carbocycles. The van der Waals surface area contributed by atoms with Crippen molar-refractivity contribution in [2.45, 2.75) is 31.1 Å². The predicted molar refractivity (Wildman–Crippen MR) is 148 cm³/mol. The fourth-order valence-electron chi connectivity index (χ4n) is 4.98. The highest BCUT2D eigenvalue weighted by Gasteiger charge is 2.29. The summed E-state index contributed by atoms with van der Waals surface area (Å²) in [6, 6.07) is 15.6. The summed E-state index contributed by atoms with van der Waals surface area (Å²) in [5.41, 5.74) is 6.85. The van der Waals surface area contributed by atoms with E-state index in [1.165, 1.54) is 11.3 Å². The molecule has 1 saturated heterocycles. The van der Waals surface area contributed by atoms with Gasteiger partial charge in [-0.3, -0.25) is 30.0 Å². The third kappa shape index (κ3) is 4.87. The van der Waals surface area contributed by atoms with Crippen LogP contribution in [0.4, 0.5) is 11.5 Å². The van der Waals surface area contributed by atoms with Gasteiger partial charge in [0.25, 0.3) is 5.91 Å². The van der Waals surface area contributed by atoms with Crippen LogP contribution in [0.5, 0.6) is 0 Å². The topological polar surface area (TPSA) is 104 Å². The van der Waals surface area contributed by atoms with Crippen molar-refractivity contribution < 1.29 is 9.59 Å². The van der Waals surface area contributed by atoms with Crippen molar-refractivity contribution in [2.75, 3.05) is 25.1 Å². The number of anilines is 1. The molecule has 1 fully saturated rings. The molecule has 4 aromatic rings. The van der Waals surface area contributed by atoms with Crippen molar-refractivity contribution in [2.24, 2.45) is 4.99 Å². The Bertz CT molecular complexity index is 1530. The number of piperidine rings is 1. The number of fused-ring (bicyclic) bond motifs is 2. The predicted octanol–water partition coefficient (Wildman–Crippen LogP) is 4.46. The molecule has 0 radical (unpaired) electrons. The Hall–Kier alpha value is -4.18. The van der Waals surface area contributed by atoms with Gasteiger partial charge in [0.1, 0.15) is 5.69 Å². The monoisotopic (exact) mass is 525 g/mol. The van der Waals surface area contributed by atoms with Gasteiger partial charge in [0.05, 0.1) is 27.9 Å². The van der Waals surface area contributed by atoms with Crippen LogP contribution in [0, 0.1) is 0 Å². The Labute approximate surface area is 224 Å². The Morgan fingerprint density at radius 1 is 1.05 bits per heavy atom. The smallest absolute Gasteiger partial charge is 0.289 e. The largest absolute Gasteiger partial charge is 0.343 e. The van der Waals surface area contributed by atoms with E-state index in [1.807, 2.05) is 53.6 Å². The van der Waals surface area contributed by atoms with Crippen LogP contribution in [0.3, 0.4) is 0 Å². The van der Waals surface area contributed by atoms with Gasteiger partial charge in [-0.25, -0.2) is 9.97 Å². The van der Waals surface area contributed by atoms with E-state index in [0.717, 1.165) is 40.1 Å². The number of nitrogens with zero attached hydrogens (tertiary/aromatic N) is 6. The van der Waals surface area contributed by atoms with Gasteiger partial charge in [0.15, 0.2) is 5.82 Å². The second-order valence-electron chi connectivity index (χ2n) is 9.59. The number of hydrogen-bond donors (Lipinski definition) is 1. The Kier molecular flexibility index (Phi) is 6.55. The summed E-state index contributed by atoms with van der Waals surface area (Å²) in [7, 11) is 1.73. The molecule has 9 nitrogen and oxygen atoms in total. The first-order valence-electron chi connectivity index (χ1n) is 12.7. The maximum atomic E-state index is 13.0. The van der Waals surface area contributed by atoms with Crippen LogP contribution in [0.1, 0.15) is 52.2 Å². The number of likely N-dealkylation sites (tertiary alicyclic amines) is 1. The second-order valence-corrected chi connectivity index (χ2v) is 10.5. The molecule has 0 aliphatic carbocycles. The van der Waals surface area contributed by atoms with Gasteiger partial charge in [0.2, 0.25) is 5.91 Å². The van der Waals surface area contributed by atoms with Gasteiger partial charge in [-0.05, 0) is 36.6 Å². The van der Waals surface area contributed by atoms with Crippen molar-refractivity contribution in [1.82, 2.24) is 25.3 Å². The number of aromatic nitrogens is 3. The molecule has 1 N–H and O–H groups in total. The Balaban J connectivity index is 1.03. The molecule has 2 amide bonds. The van der Waals surface area contributed by atoms with Gasteiger partial charge < -0.3 is 4.90 Å². The highest BCUT2D eigenvalue weighted by molar-refractivity contribution is 7.09. The molecule has 2 aliphatic heterocycles. The number of hydrogen-bond acceptors (Lipinski definition) is 8. The highest BCUT2D eigenvalue weighted by Crippen LogP contribution is 2.35. The number of amides is 2. The molecule has 38 heavy (non-hydrogen) atoms. The SMILES string of the molecule is CN(NC(=O)c1csc(C2CCN(C(=O)CC3C=Nc4ccccc43)CC2)n1)c1cnc2ccccc2n1. The van der Waals surface area contributed by atoms with Gasteiger partial charge in [-0.15, -0.1) is 11.3 Å². The quantitative estimate of drug-likeness (QED) is 0.373. The molecule has 1 unspecified atom stereocenters. The second kappa shape index (κ2) is 10.3. The summed E-state index contributed by atoms with van der Waals surface area (Å²) < 4.78 is 0. The normalized spacial score (nSPS) is 17.0. The molecule has 10 heteroatoms. The molecular formula is C28H27N7O2S. The molecule has 0 bridgehead atoms. The fourth-order valence-corrected chi connectivity index (χ4v) is 5.95. The van der Waals surface area contributed by atoms with Crippen molar-refractivity contribution in [1.29, 1.82) is 0 Å². The molecular weight excluding hydrogens is 498 g/mol. The zero-order valence-electron chi connectivity index (χ0n) is 20.9. The molecule has 2 aliphatic rings. The molecule has 1 atom stereocenters. The first-order chi connectivity index (χ1) is 18.5. The highest BCUT2D eigenvalue weighted by atomic mass is 32.1. The van der Waals surface area contributed by atoms with Crippen LogP contribution >= 0.6 is 11.3 Å². The zero-order chi connectivity index (χ0) is 26.1. The summed E-state index contributed by atoms with van der Waals surface area (Å²) in [5, 5.41) is 4.28. The maximum Gasteiger partial charge on any atom is 0.289 e. The average Bonchev–Trinajstić information content (AvgIpc) is 3.61. The van der Waals surface area contributed by atoms with Gasteiger partial charge in [-0.2, -0.15) is 0 Å². The zero-order valence-corrected chi connectivity index (χ0v) is 21.8. The van der Waals surface area contributed by atoms with E-state index in [2.05, 4.69) is 31.4 Å². The molecule has 6 rings (SSSR count). The molecule has 192 valence electrons. The molecule has 2 aromatic heterocycles. The van der Waals surface area contributed by atoms with Gasteiger partial charge in [0, 0.05) is 50.0 Å². The van der Waals surface area contributed by atoms with E-state index in [0.29, 0.717) is 31.0 Å². The van der Waals surface area contributed by atoms with Gasteiger partial charge in [-0.1, -0.05) is 30.3 Å². The number of para-hydroxylation sites is 3. The Morgan fingerprint density at radius 3 is 2.66 bits per heavy atom. The van der Waals surface area contributed by atoms with Crippen LogP contribution in [0.15, 0.2) is 65.1 Å². The van der Waals surface area contributed by atoms with Crippen molar-refractivity contribution >= 4 is 51.9 Å². The summed E-state index contributed by atoms with van der Waals surface area (Å²) in [4.78, 5) is 45.8. The van der Waals surface area contributed by atoms with E-state index in [9.17, 15) is 9.59 Å². The minimum absolute atomic E-state index is 0.0511. The maximum absolute atomic E-state index is 13.0. The first kappa shape index (κ1) is 24.2. The lowest BCUT2D eigenvalue weighted by atomic mass is 9.94. The average molecular weight is 526 g/mol. The first-order valence-corrected chi connectivity index (χ1v) is 13.6. The fraction of sp³-hybridized carbons (Fsp3) is 0.286. The molecule has 0 saturated carbocycles. The van der Waals surface area contributed by atoms with Crippen LogP contribution in [0.25, 0.3) is 11.0 Å². The molecule has 4 heterocycles. The van der Waals surface area contributed by atoms with Crippen molar-refractivity contribution in [3.8, 4) is 0 Å². The van der Waals surface area contributed by atoms with E-state index in [-0.39, 0.29) is 23.7 Å². The number of rotatable bonds is 6. The van der Waals surface area contributed by atoms with Crippen molar-refractivity contribution in [3.05, 3.63) is 76.4 Å². The van der Waals surface area contributed by atoms with Crippen molar-refractivity contribution in [3.63, 3.8) is 0 Å². The van der Waals surface area contributed by atoms with E-state index >= 15 is 0 Å². The minimum Gasteiger partial charge on any atom is -0.343 e. The van der Waals surface area contributed by atoms with Crippen LogP contribution in [-0.4, -0.2) is 58.0 Å². The summed E-state index contributed by atoms with van der Waals surface area (Å²) in [6.45, 7) is 1.39. The lowest BCUT2D eigenvalue weighted by Gasteiger charge is -2.31. The standard InChI is InChI=1S/C28H27N7O2S/c1-34(25-16-30-22-8-4-5-9-23(22)31-25)33-27(37)24-17-38-28(32-24)18-10-12-35(13-11-18)26(36)14-19-15-29-21-7-3-2-6-20(19)21/h2-9,15-19H,10-14H2,1H3,(H,33,37). The third-order valence-corrected chi connectivity index (χ3v) is 8.13. The van der Waals surface area contributed by atoms with Gasteiger partial charge >= 0.3 is 0 Å². The van der Waals surface area contributed by atoms with E-state index in [1.54, 1.807) is 23.6 Å². The number of benzene rings is 2. The number of carbonyl (C=O) groups is 2. The van der Waals surface area contributed by atoms with E-state index < -0.39 is 0 Å². The lowest BCUT2D eigenvalue weighted by Crippen LogP contribution is -2.40. The minimum atomic E-state index is -0.295. The Morgan fingerprint density at radius 2 is 1.82 bits per heavy atom.